The van der Waals surface area contributed by atoms with Crippen molar-refractivity contribution in [2.24, 2.45) is 0 Å². The van der Waals surface area contributed by atoms with E-state index in [1.807, 2.05) is 0 Å². The third-order valence-corrected chi connectivity index (χ3v) is 0.756. The molecule has 0 saturated heterocycles. The zero-order valence-corrected chi connectivity index (χ0v) is 4.80. The molecule has 3 heteroatoms. The number of hydrogen-bond acceptors (Lipinski definition) is 1. The maximum absolute atomic E-state index is 11.2. The van der Waals surface area contributed by atoms with Gasteiger partial charge in [-0.2, -0.15) is 0 Å². The van der Waals surface area contributed by atoms with E-state index in [-0.39, 0.29) is 12.0 Å². The molecule has 0 amide bonds. The topological polar surface area (TPSA) is 37.3 Å². The van der Waals surface area contributed by atoms with E-state index in [1.54, 1.807) is 0 Å². The molecular weight excluding hydrogens is 123 g/mol. The van der Waals surface area contributed by atoms with Crippen LogP contribution in [0.25, 0.3) is 0 Å². The summed E-state index contributed by atoms with van der Waals surface area (Å²) >= 11 is 0. The predicted octanol–water partition coefficient (Wildman–Crippen LogP) is 1.50. The van der Waals surface area contributed by atoms with Crippen molar-refractivity contribution in [1.82, 2.24) is 0 Å². The molecule has 0 aliphatic heterocycles. The molecular formula is C6H7FO2. The molecule has 0 aromatic carbocycles. The van der Waals surface area contributed by atoms with E-state index in [2.05, 4.69) is 6.58 Å². The minimum atomic E-state index is -1.09. The number of aliphatic carboxylic acids is 1. The third-order valence-electron chi connectivity index (χ3n) is 0.756. The van der Waals surface area contributed by atoms with Crippen LogP contribution in [-0.2, 0) is 4.79 Å². The van der Waals surface area contributed by atoms with Crippen LogP contribution in [0.5, 0.6) is 0 Å². The Bertz CT molecular complexity index is 149. The number of carboxylic acid groups (broad SMARTS) is 1. The Morgan fingerprint density at radius 1 is 1.78 bits per heavy atom. The highest BCUT2D eigenvalue weighted by Crippen LogP contribution is 1.97. The first-order chi connectivity index (χ1) is 4.18. The second kappa shape index (κ2) is 3.83. The highest BCUT2D eigenvalue weighted by Gasteiger charge is 1.98. The molecule has 50 valence electrons. The highest BCUT2D eigenvalue weighted by atomic mass is 19.1. The summed E-state index contributed by atoms with van der Waals surface area (Å²) in [6.07, 6.45) is 1.45. The minimum absolute atomic E-state index is 0.0103. The van der Waals surface area contributed by atoms with Crippen molar-refractivity contribution in [3.8, 4) is 0 Å². The van der Waals surface area contributed by atoms with Crippen LogP contribution in [0.2, 0.25) is 0 Å². The lowest BCUT2D eigenvalue weighted by molar-refractivity contribution is -0.132. The molecule has 0 rings (SSSR count). The minimum Gasteiger partial charge on any atom is -0.478 e. The van der Waals surface area contributed by atoms with Gasteiger partial charge < -0.3 is 5.11 Å². The van der Waals surface area contributed by atoms with Crippen molar-refractivity contribution in [3.63, 3.8) is 0 Å². The van der Waals surface area contributed by atoms with Gasteiger partial charge in [-0.25, -0.2) is 9.18 Å². The molecule has 2 nitrogen and oxygen atoms in total. The number of rotatable bonds is 3. The maximum atomic E-state index is 11.2. The summed E-state index contributed by atoms with van der Waals surface area (Å²) in [6.45, 7) is 3.17. The Balaban J connectivity index is 3.65. The van der Waals surface area contributed by atoms with Gasteiger partial charge in [0.1, 0.15) is 0 Å². The normalized spacial score (nSPS) is 9.89. The van der Waals surface area contributed by atoms with Gasteiger partial charge >= 0.3 is 5.97 Å². The van der Waals surface area contributed by atoms with Crippen molar-refractivity contribution in [2.45, 2.75) is 6.42 Å². The zero-order valence-electron chi connectivity index (χ0n) is 4.80. The molecule has 0 saturated carbocycles. The summed E-state index contributed by atoms with van der Waals surface area (Å²) in [5.41, 5.74) is -0.0103. The summed E-state index contributed by atoms with van der Waals surface area (Å²) < 4.78 is 11.2. The molecule has 0 heterocycles. The standard InChI is InChI=1S/C6H7FO2/c1-5(6(8)9)3-2-4-7/h2,4H,1,3H2,(H,8,9). The lowest BCUT2D eigenvalue weighted by atomic mass is 10.2. The summed E-state index contributed by atoms with van der Waals surface area (Å²) in [7, 11) is 0. The molecule has 9 heavy (non-hydrogen) atoms. The molecule has 1 N–H and O–H groups in total. The van der Waals surface area contributed by atoms with Gasteiger partial charge in [-0.1, -0.05) is 12.7 Å². The first-order valence-corrected chi connectivity index (χ1v) is 2.34. The van der Waals surface area contributed by atoms with E-state index in [4.69, 9.17) is 5.11 Å². The SMILES string of the molecule is C=C(CC=CF)C(=O)O. The quantitative estimate of drug-likeness (QED) is 0.588. The largest absolute Gasteiger partial charge is 0.478 e. The Labute approximate surface area is 52.3 Å². The molecule has 0 aliphatic rings. The van der Waals surface area contributed by atoms with Crippen LogP contribution in [0.15, 0.2) is 24.6 Å². The molecule has 0 fully saturated rings. The van der Waals surface area contributed by atoms with Crippen LogP contribution in [0.4, 0.5) is 4.39 Å². The Kier molecular flexibility index (Phi) is 3.35. The Hall–Kier alpha value is -1.12. The number of carboxylic acids is 1. The van der Waals surface area contributed by atoms with Crippen molar-refractivity contribution >= 4 is 5.97 Å². The highest BCUT2D eigenvalue weighted by molar-refractivity contribution is 5.85. The number of halogens is 1. The first kappa shape index (κ1) is 7.88. The van der Waals surface area contributed by atoms with Crippen molar-refractivity contribution in [1.29, 1.82) is 0 Å². The molecule has 0 unspecified atom stereocenters. The third kappa shape index (κ3) is 3.46. The van der Waals surface area contributed by atoms with Gasteiger partial charge in [0.05, 0.1) is 6.33 Å². The van der Waals surface area contributed by atoms with Gasteiger partial charge in [-0.15, -0.1) is 0 Å². The van der Waals surface area contributed by atoms with Crippen molar-refractivity contribution in [3.05, 3.63) is 24.6 Å². The Morgan fingerprint density at radius 3 is 2.67 bits per heavy atom. The lowest BCUT2D eigenvalue weighted by Gasteiger charge is -1.89. The van der Waals surface area contributed by atoms with Crippen LogP contribution in [0, 0.1) is 0 Å². The van der Waals surface area contributed by atoms with Crippen LogP contribution >= 0.6 is 0 Å². The van der Waals surface area contributed by atoms with Crippen molar-refractivity contribution in [2.75, 3.05) is 0 Å². The maximum Gasteiger partial charge on any atom is 0.331 e. The fraction of sp³-hybridized carbons (Fsp3) is 0.167. The van der Waals surface area contributed by atoms with Crippen molar-refractivity contribution < 1.29 is 14.3 Å². The summed E-state index contributed by atoms with van der Waals surface area (Å²) in [5, 5.41) is 8.15. The average molecular weight is 130 g/mol. The van der Waals surface area contributed by atoms with Gasteiger partial charge in [0.2, 0.25) is 0 Å². The van der Waals surface area contributed by atoms with Crippen LogP contribution < -0.4 is 0 Å². The summed E-state index contributed by atoms with van der Waals surface area (Å²) in [5.74, 6) is -1.09. The summed E-state index contributed by atoms with van der Waals surface area (Å²) in [4.78, 5) is 9.95. The van der Waals surface area contributed by atoms with E-state index in [9.17, 15) is 9.18 Å². The number of hydrogen-bond donors (Lipinski definition) is 1. The molecule has 0 atom stereocenters. The van der Waals surface area contributed by atoms with Crippen LogP contribution in [0.3, 0.4) is 0 Å². The Morgan fingerprint density at radius 2 is 2.33 bits per heavy atom. The van der Waals surface area contributed by atoms with E-state index in [0.29, 0.717) is 6.33 Å². The van der Waals surface area contributed by atoms with Crippen LogP contribution in [-0.4, -0.2) is 11.1 Å². The molecule has 0 radical (unpaired) electrons. The van der Waals surface area contributed by atoms with Gasteiger partial charge in [0, 0.05) is 5.57 Å². The zero-order chi connectivity index (χ0) is 7.28. The van der Waals surface area contributed by atoms with E-state index in [0.717, 1.165) is 6.08 Å². The number of allylic oxidation sites excluding steroid dienone is 1. The fourth-order valence-electron chi connectivity index (χ4n) is 0.274. The van der Waals surface area contributed by atoms with Gasteiger partial charge in [-0.3, -0.25) is 0 Å². The monoisotopic (exact) mass is 130 g/mol. The second-order valence-corrected chi connectivity index (χ2v) is 1.47. The summed E-state index contributed by atoms with van der Waals surface area (Å²) in [6, 6.07) is 0. The number of carbonyl (C=O) groups is 1. The van der Waals surface area contributed by atoms with Crippen LogP contribution in [0.1, 0.15) is 6.42 Å². The molecule has 0 aromatic heterocycles. The lowest BCUT2D eigenvalue weighted by Crippen LogP contribution is -1.96. The van der Waals surface area contributed by atoms with E-state index in [1.165, 1.54) is 0 Å². The predicted molar refractivity (Wildman–Crippen MR) is 31.6 cm³/mol. The van der Waals surface area contributed by atoms with E-state index >= 15 is 0 Å². The van der Waals surface area contributed by atoms with Gasteiger partial charge in [0.25, 0.3) is 0 Å². The second-order valence-electron chi connectivity index (χ2n) is 1.47. The van der Waals surface area contributed by atoms with Gasteiger partial charge in [0.15, 0.2) is 0 Å². The smallest absolute Gasteiger partial charge is 0.331 e. The van der Waals surface area contributed by atoms with E-state index < -0.39 is 5.97 Å². The first-order valence-electron chi connectivity index (χ1n) is 2.34. The molecule has 0 bridgehead atoms. The molecule has 0 aromatic rings. The molecule has 0 aliphatic carbocycles. The van der Waals surface area contributed by atoms with Gasteiger partial charge in [-0.05, 0) is 6.42 Å². The fourth-order valence-corrected chi connectivity index (χ4v) is 0.274. The average Bonchev–Trinajstić information content (AvgIpc) is 1.82. The molecule has 0 spiro atoms.